The lowest BCUT2D eigenvalue weighted by molar-refractivity contribution is -0.128. The summed E-state index contributed by atoms with van der Waals surface area (Å²) in [5, 5.41) is 0. The Morgan fingerprint density at radius 3 is 2.30 bits per heavy atom. The van der Waals surface area contributed by atoms with E-state index in [2.05, 4.69) is 0 Å². The fraction of sp³-hybridized carbons (Fsp3) is 0.562. The van der Waals surface area contributed by atoms with Crippen LogP contribution in [0, 0.1) is 0 Å². The first-order valence-electron chi connectivity index (χ1n) is 7.34. The van der Waals surface area contributed by atoms with Crippen LogP contribution >= 0.6 is 11.8 Å². The number of nitrogens with zero attached hydrogens (tertiary/aromatic N) is 1. The molecular weight excluding hydrogens is 270 g/mol. The Labute approximate surface area is 125 Å². The first-order chi connectivity index (χ1) is 9.79. The molecule has 0 atom stereocenters. The van der Waals surface area contributed by atoms with Gasteiger partial charge in [0.2, 0.25) is 5.91 Å². The highest BCUT2D eigenvalue weighted by Crippen LogP contribution is 2.22. The molecule has 0 N–H and O–H groups in total. The second kappa shape index (κ2) is 8.20. The van der Waals surface area contributed by atoms with E-state index in [1.807, 2.05) is 29.2 Å². The highest BCUT2D eigenvalue weighted by atomic mass is 32.2. The fourth-order valence-corrected chi connectivity index (χ4v) is 3.21. The Bertz CT molecular complexity index is 411. The summed E-state index contributed by atoms with van der Waals surface area (Å²) in [7, 11) is 1.66. The number of hydrogen-bond donors (Lipinski definition) is 0. The van der Waals surface area contributed by atoms with E-state index in [1.165, 1.54) is 19.3 Å². The summed E-state index contributed by atoms with van der Waals surface area (Å²) >= 11 is 1.61. The van der Waals surface area contributed by atoms with Crippen LogP contribution in [0.2, 0.25) is 0 Å². The number of ether oxygens (including phenoxy) is 1. The zero-order valence-electron chi connectivity index (χ0n) is 12.1. The molecule has 1 aromatic carbocycles. The number of carbonyl (C=O) groups excluding carboxylic acids is 1. The number of benzene rings is 1. The zero-order chi connectivity index (χ0) is 14.2. The maximum Gasteiger partial charge on any atom is 0.232 e. The molecule has 0 radical (unpaired) electrons. The lowest BCUT2D eigenvalue weighted by Crippen LogP contribution is -2.35. The summed E-state index contributed by atoms with van der Waals surface area (Å²) in [6.07, 6.45) is 6.14. The van der Waals surface area contributed by atoms with Crippen LogP contribution in [0.25, 0.3) is 0 Å². The number of hydrogen-bond acceptors (Lipinski definition) is 3. The third-order valence-electron chi connectivity index (χ3n) is 3.63. The Hall–Kier alpha value is -1.16. The predicted octanol–water partition coefficient (Wildman–Crippen LogP) is 3.58. The van der Waals surface area contributed by atoms with Crippen molar-refractivity contribution in [2.45, 2.75) is 37.0 Å². The number of amides is 1. The molecule has 1 amide bonds. The van der Waals surface area contributed by atoms with Crippen LogP contribution in [0.4, 0.5) is 0 Å². The molecule has 20 heavy (non-hydrogen) atoms. The van der Waals surface area contributed by atoms with E-state index in [-0.39, 0.29) is 5.91 Å². The minimum absolute atomic E-state index is 0.271. The van der Waals surface area contributed by atoms with Crippen molar-refractivity contribution in [2.24, 2.45) is 0 Å². The van der Waals surface area contributed by atoms with Crippen molar-refractivity contribution in [1.29, 1.82) is 0 Å². The Morgan fingerprint density at radius 2 is 1.70 bits per heavy atom. The molecule has 0 aromatic heterocycles. The molecule has 0 bridgehead atoms. The van der Waals surface area contributed by atoms with Gasteiger partial charge >= 0.3 is 0 Å². The first kappa shape index (κ1) is 15.2. The van der Waals surface area contributed by atoms with Crippen LogP contribution in [0.15, 0.2) is 29.2 Å². The van der Waals surface area contributed by atoms with Gasteiger partial charge < -0.3 is 9.64 Å². The quantitative estimate of drug-likeness (QED) is 0.795. The van der Waals surface area contributed by atoms with Gasteiger partial charge in [-0.05, 0) is 37.1 Å². The highest BCUT2D eigenvalue weighted by Gasteiger charge is 2.14. The molecule has 4 heteroatoms. The molecule has 1 saturated heterocycles. The van der Waals surface area contributed by atoms with Crippen molar-refractivity contribution in [3.63, 3.8) is 0 Å². The molecule has 3 nitrogen and oxygen atoms in total. The monoisotopic (exact) mass is 293 g/mol. The van der Waals surface area contributed by atoms with Crippen molar-refractivity contribution >= 4 is 17.7 Å². The van der Waals surface area contributed by atoms with Gasteiger partial charge in [0.05, 0.1) is 12.9 Å². The van der Waals surface area contributed by atoms with Crippen molar-refractivity contribution in [1.82, 2.24) is 4.90 Å². The number of methoxy groups -OCH3 is 1. The zero-order valence-corrected chi connectivity index (χ0v) is 13.0. The minimum atomic E-state index is 0.271. The molecule has 1 aromatic rings. The van der Waals surface area contributed by atoms with Gasteiger partial charge in [-0.15, -0.1) is 11.8 Å². The fourth-order valence-electron chi connectivity index (χ4n) is 2.41. The number of thioether (sulfide) groups is 1. The molecule has 0 unspecified atom stereocenters. The summed E-state index contributed by atoms with van der Waals surface area (Å²) in [6, 6.07) is 7.88. The third kappa shape index (κ3) is 4.75. The van der Waals surface area contributed by atoms with Crippen molar-refractivity contribution < 1.29 is 9.53 Å². The molecule has 1 aliphatic rings. The van der Waals surface area contributed by atoms with Gasteiger partial charge in [0.25, 0.3) is 0 Å². The van der Waals surface area contributed by atoms with Gasteiger partial charge in [-0.25, -0.2) is 0 Å². The number of rotatable bonds is 4. The summed E-state index contributed by atoms with van der Waals surface area (Å²) in [6.45, 7) is 1.87. The van der Waals surface area contributed by atoms with Gasteiger partial charge in [-0.3, -0.25) is 4.79 Å². The predicted molar refractivity (Wildman–Crippen MR) is 83.4 cm³/mol. The normalized spacial score (nSPS) is 16.4. The molecule has 0 saturated carbocycles. The summed E-state index contributed by atoms with van der Waals surface area (Å²) in [5.41, 5.74) is 0. The van der Waals surface area contributed by atoms with E-state index in [1.54, 1.807) is 18.9 Å². The molecule has 0 aliphatic carbocycles. The van der Waals surface area contributed by atoms with Gasteiger partial charge in [0.15, 0.2) is 0 Å². The Morgan fingerprint density at radius 1 is 1.10 bits per heavy atom. The smallest absolute Gasteiger partial charge is 0.232 e. The van der Waals surface area contributed by atoms with Crippen LogP contribution in [-0.4, -0.2) is 36.8 Å². The summed E-state index contributed by atoms with van der Waals surface area (Å²) in [4.78, 5) is 15.4. The van der Waals surface area contributed by atoms with E-state index in [9.17, 15) is 4.79 Å². The third-order valence-corrected chi connectivity index (χ3v) is 4.63. The van der Waals surface area contributed by atoms with E-state index in [4.69, 9.17) is 4.74 Å². The molecule has 1 aliphatic heterocycles. The number of carbonyl (C=O) groups is 1. The molecular formula is C16H23NO2S. The van der Waals surface area contributed by atoms with Gasteiger partial charge in [0.1, 0.15) is 5.75 Å². The number of likely N-dealkylation sites (tertiary alicyclic amines) is 1. The van der Waals surface area contributed by atoms with Crippen LogP contribution in [0.1, 0.15) is 32.1 Å². The highest BCUT2D eigenvalue weighted by molar-refractivity contribution is 8.00. The molecule has 1 fully saturated rings. The van der Waals surface area contributed by atoms with E-state index >= 15 is 0 Å². The lowest BCUT2D eigenvalue weighted by atomic mass is 10.1. The summed E-state index contributed by atoms with van der Waals surface area (Å²) in [5.74, 6) is 1.66. The van der Waals surface area contributed by atoms with Crippen molar-refractivity contribution in [3.8, 4) is 5.75 Å². The lowest BCUT2D eigenvalue weighted by Gasteiger charge is -2.24. The van der Waals surface area contributed by atoms with Crippen LogP contribution in [-0.2, 0) is 4.79 Å². The van der Waals surface area contributed by atoms with Crippen molar-refractivity contribution in [2.75, 3.05) is 26.0 Å². The average Bonchev–Trinajstić information content (AvgIpc) is 2.45. The second-order valence-electron chi connectivity index (χ2n) is 5.11. The van der Waals surface area contributed by atoms with Gasteiger partial charge in [-0.2, -0.15) is 0 Å². The minimum Gasteiger partial charge on any atom is -0.497 e. The molecule has 0 spiro atoms. The van der Waals surface area contributed by atoms with E-state index in [0.717, 1.165) is 36.6 Å². The first-order valence-corrected chi connectivity index (χ1v) is 8.33. The van der Waals surface area contributed by atoms with Crippen molar-refractivity contribution in [3.05, 3.63) is 24.3 Å². The molecule has 1 heterocycles. The average molecular weight is 293 g/mol. The van der Waals surface area contributed by atoms with E-state index < -0.39 is 0 Å². The van der Waals surface area contributed by atoms with Gasteiger partial charge in [0, 0.05) is 18.0 Å². The topological polar surface area (TPSA) is 29.5 Å². The van der Waals surface area contributed by atoms with E-state index in [0.29, 0.717) is 5.75 Å². The maximum absolute atomic E-state index is 12.2. The molecule has 110 valence electrons. The second-order valence-corrected chi connectivity index (χ2v) is 6.16. The van der Waals surface area contributed by atoms with Gasteiger partial charge in [-0.1, -0.05) is 19.3 Å². The maximum atomic E-state index is 12.2. The molecule has 2 rings (SSSR count). The SMILES string of the molecule is COc1ccc(SCC(=O)N2CCCCCCC2)cc1. The Balaban J connectivity index is 1.80. The Kier molecular flexibility index (Phi) is 6.25. The van der Waals surface area contributed by atoms with Crippen LogP contribution in [0.5, 0.6) is 5.75 Å². The van der Waals surface area contributed by atoms with Crippen LogP contribution in [0.3, 0.4) is 0 Å². The largest absolute Gasteiger partial charge is 0.497 e. The standard InChI is InChI=1S/C16H23NO2S/c1-19-14-7-9-15(10-8-14)20-13-16(18)17-11-5-3-2-4-6-12-17/h7-10H,2-6,11-13H2,1H3. The van der Waals surface area contributed by atoms with Crippen LogP contribution < -0.4 is 4.74 Å². The summed E-state index contributed by atoms with van der Waals surface area (Å²) < 4.78 is 5.13.